The third-order valence-corrected chi connectivity index (χ3v) is 5.45. The fourth-order valence-electron chi connectivity index (χ4n) is 3.84. The first-order valence-corrected chi connectivity index (χ1v) is 11.2. The molecule has 0 amide bonds. The summed E-state index contributed by atoms with van der Waals surface area (Å²) in [6.07, 6.45) is 17.2. The number of H-pyrrole nitrogens is 1. The van der Waals surface area contributed by atoms with E-state index in [1.807, 2.05) is 43.7 Å². The summed E-state index contributed by atoms with van der Waals surface area (Å²) in [6.45, 7) is 10.4. The number of rotatable bonds is 8. The first kappa shape index (κ1) is 22.3. The molecule has 3 aromatic rings. The van der Waals surface area contributed by atoms with Gasteiger partial charge in [0.15, 0.2) is 0 Å². The van der Waals surface area contributed by atoms with Crippen LogP contribution < -0.4 is 11.1 Å². The lowest BCUT2D eigenvalue weighted by Crippen LogP contribution is -2.10. The van der Waals surface area contributed by atoms with Crippen molar-refractivity contribution in [3.05, 3.63) is 96.0 Å². The lowest BCUT2D eigenvalue weighted by Gasteiger charge is -2.12. The molecule has 6 heteroatoms. The van der Waals surface area contributed by atoms with Crippen molar-refractivity contribution in [3.63, 3.8) is 0 Å². The second-order valence-corrected chi connectivity index (χ2v) is 8.41. The topological polar surface area (TPSA) is 92.5 Å². The molecule has 4 N–H and O–H groups in total. The van der Waals surface area contributed by atoms with E-state index in [4.69, 9.17) is 10.7 Å². The predicted octanol–water partition coefficient (Wildman–Crippen LogP) is 5.56. The number of hydrogen-bond acceptors (Lipinski definition) is 5. The van der Waals surface area contributed by atoms with E-state index in [0.717, 1.165) is 56.9 Å². The van der Waals surface area contributed by atoms with E-state index in [1.54, 1.807) is 0 Å². The Hall–Kier alpha value is -3.93. The summed E-state index contributed by atoms with van der Waals surface area (Å²) < 4.78 is 0. The maximum absolute atomic E-state index is 6.36. The van der Waals surface area contributed by atoms with Crippen molar-refractivity contribution < 1.29 is 0 Å². The summed E-state index contributed by atoms with van der Waals surface area (Å²) >= 11 is 0. The molecule has 0 saturated carbocycles. The van der Waals surface area contributed by atoms with Crippen molar-refractivity contribution in [2.45, 2.75) is 39.7 Å². The Morgan fingerprint density at radius 3 is 2.91 bits per heavy atom. The normalized spacial score (nSPS) is 14.2. The largest absolute Gasteiger partial charge is 0.399 e. The Bertz CT molecular complexity index is 1300. The van der Waals surface area contributed by atoms with E-state index in [-0.39, 0.29) is 0 Å². The van der Waals surface area contributed by atoms with Gasteiger partial charge in [0.25, 0.3) is 0 Å². The quantitative estimate of drug-likeness (QED) is 0.400. The lowest BCUT2D eigenvalue weighted by atomic mass is 10.0. The standard InChI is InChI=1S/C27H30N6/c1-5-23(28)20(12-18(4)21-13-22(16-29-15-21)31-17(2)3)14-25-32-24-10-11-30-26(27(24)33-25)19-8-6-7-9-19/h5-6,8-13,15-17,31H,4,7,14,28H2,1-3H3,(H,32,33)/b20-12-,23-5+. The molecule has 3 aromatic heterocycles. The Kier molecular flexibility index (Phi) is 6.54. The van der Waals surface area contributed by atoms with Gasteiger partial charge in [-0.3, -0.25) is 9.97 Å². The minimum Gasteiger partial charge on any atom is -0.399 e. The Balaban J connectivity index is 1.64. The number of nitrogens with two attached hydrogens (primary N) is 1. The molecule has 3 heterocycles. The van der Waals surface area contributed by atoms with E-state index in [1.165, 1.54) is 0 Å². The third kappa shape index (κ3) is 5.12. The SMILES string of the molecule is C=C(/C=C(Cc1nc2c(C3=CCC=C3)nccc2[nH]1)\C(N)=C/C)c1cncc(NC(C)C)c1. The molecule has 0 spiro atoms. The van der Waals surface area contributed by atoms with Gasteiger partial charge in [0, 0.05) is 42.3 Å². The molecule has 1 aliphatic carbocycles. The third-order valence-electron chi connectivity index (χ3n) is 5.45. The van der Waals surface area contributed by atoms with Crippen LogP contribution in [-0.2, 0) is 6.42 Å². The van der Waals surface area contributed by atoms with Gasteiger partial charge in [0.05, 0.1) is 16.9 Å². The fraction of sp³-hybridized carbons (Fsp3) is 0.222. The monoisotopic (exact) mass is 438 g/mol. The van der Waals surface area contributed by atoms with Gasteiger partial charge in [-0.05, 0) is 62.1 Å². The molecule has 4 rings (SSSR count). The lowest BCUT2D eigenvalue weighted by molar-refractivity contribution is 0.897. The molecule has 0 aliphatic heterocycles. The molecule has 0 fully saturated rings. The van der Waals surface area contributed by atoms with Crippen LogP contribution in [0, 0.1) is 0 Å². The van der Waals surface area contributed by atoms with Crippen molar-refractivity contribution in [1.29, 1.82) is 0 Å². The minimum absolute atomic E-state index is 0.322. The van der Waals surface area contributed by atoms with E-state index in [0.29, 0.717) is 18.2 Å². The molecule has 168 valence electrons. The summed E-state index contributed by atoms with van der Waals surface area (Å²) in [6, 6.07) is 4.33. The summed E-state index contributed by atoms with van der Waals surface area (Å²) in [5.41, 5.74) is 14.6. The van der Waals surface area contributed by atoms with E-state index in [9.17, 15) is 0 Å². The number of aromatic amines is 1. The number of allylic oxidation sites excluding steroid dienone is 8. The molecule has 0 atom stereocenters. The molecule has 0 bridgehead atoms. The number of aromatic nitrogens is 4. The van der Waals surface area contributed by atoms with Gasteiger partial charge < -0.3 is 16.0 Å². The number of nitrogens with one attached hydrogen (secondary N) is 2. The fourth-order valence-corrected chi connectivity index (χ4v) is 3.84. The van der Waals surface area contributed by atoms with Crippen LogP contribution in [0.5, 0.6) is 0 Å². The van der Waals surface area contributed by atoms with Crippen LogP contribution in [0.1, 0.15) is 44.3 Å². The zero-order valence-electron chi connectivity index (χ0n) is 19.4. The summed E-state index contributed by atoms with van der Waals surface area (Å²) in [5, 5.41) is 3.38. The number of imidazole rings is 1. The van der Waals surface area contributed by atoms with Gasteiger partial charge in [-0.1, -0.05) is 30.9 Å². The molecular formula is C27H30N6. The highest BCUT2D eigenvalue weighted by molar-refractivity contribution is 5.90. The second-order valence-electron chi connectivity index (χ2n) is 8.41. The Labute approximate surface area is 194 Å². The molecule has 0 saturated heterocycles. The highest BCUT2D eigenvalue weighted by Crippen LogP contribution is 2.27. The van der Waals surface area contributed by atoms with Crippen molar-refractivity contribution >= 4 is 27.9 Å². The van der Waals surface area contributed by atoms with Crippen molar-refractivity contribution in [2.24, 2.45) is 5.73 Å². The summed E-state index contributed by atoms with van der Waals surface area (Å²) in [5.74, 6) is 0.832. The van der Waals surface area contributed by atoms with E-state index in [2.05, 4.69) is 65.0 Å². The highest BCUT2D eigenvalue weighted by Gasteiger charge is 2.14. The number of anilines is 1. The second kappa shape index (κ2) is 9.69. The Morgan fingerprint density at radius 1 is 1.33 bits per heavy atom. The number of pyridine rings is 2. The maximum Gasteiger partial charge on any atom is 0.115 e. The molecular weight excluding hydrogens is 408 g/mol. The maximum atomic E-state index is 6.36. The number of nitrogens with zero attached hydrogens (tertiary/aromatic N) is 3. The average molecular weight is 439 g/mol. The van der Waals surface area contributed by atoms with Crippen LogP contribution in [0.15, 0.2) is 79.0 Å². The minimum atomic E-state index is 0.322. The highest BCUT2D eigenvalue weighted by atomic mass is 14.9. The molecule has 0 radical (unpaired) electrons. The van der Waals surface area contributed by atoms with Gasteiger partial charge in [-0.2, -0.15) is 0 Å². The van der Waals surface area contributed by atoms with Gasteiger partial charge in [0.1, 0.15) is 11.3 Å². The van der Waals surface area contributed by atoms with Crippen molar-refractivity contribution in [3.8, 4) is 0 Å². The first-order valence-electron chi connectivity index (χ1n) is 11.2. The van der Waals surface area contributed by atoms with Gasteiger partial charge in [0.2, 0.25) is 0 Å². The van der Waals surface area contributed by atoms with Crippen LogP contribution in [-0.4, -0.2) is 26.0 Å². The molecule has 0 unspecified atom stereocenters. The zero-order valence-corrected chi connectivity index (χ0v) is 19.4. The van der Waals surface area contributed by atoms with E-state index >= 15 is 0 Å². The van der Waals surface area contributed by atoms with Gasteiger partial charge in [-0.25, -0.2) is 4.98 Å². The van der Waals surface area contributed by atoms with Crippen LogP contribution >= 0.6 is 0 Å². The van der Waals surface area contributed by atoms with Crippen LogP contribution in [0.4, 0.5) is 5.69 Å². The summed E-state index contributed by atoms with van der Waals surface area (Å²) in [4.78, 5) is 17.2. The smallest absolute Gasteiger partial charge is 0.115 e. The molecule has 0 aromatic carbocycles. The first-order chi connectivity index (χ1) is 15.9. The van der Waals surface area contributed by atoms with Crippen LogP contribution in [0.2, 0.25) is 0 Å². The van der Waals surface area contributed by atoms with Crippen molar-refractivity contribution in [2.75, 3.05) is 5.32 Å². The van der Waals surface area contributed by atoms with Crippen LogP contribution in [0.25, 0.3) is 22.2 Å². The predicted molar refractivity (Wildman–Crippen MR) is 137 cm³/mol. The summed E-state index contributed by atoms with van der Waals surface area (Å²) in [7, 11) is 0. The average Bonchev–Trinajstić information content (AvgIpc) is 3.47. The molecule has 1 aliphatic rings. The molecule has 6 nitrogen and oxygen atoms in total. The van der Waals surface area contributed by atoms with Crippen LogP contribution in [0.3, 0.4) is 0 Å². The number of fused-ring (bicyclic) bond motifs is 1. The Morgan fingerprint density at radius 2 is 2.18 bits per heavy atom. The van der Waals surface area contributed by atoms with E-state index < -0.39 is 0 Å². The molecule has 33 heavy (non-hydrogen) atoms. The van der Waals surface area contributed by atoms with Gasteiger partial charge >= 0.3 is 0 Å². The number of hydrogen-bond donors (Lipinski definition) is 3. The van der Waals surface area contributed by atoms with Crippen molar-refractivity contribution in [1.82, 2.24) is 19.9 Å². The van der Waals surface area contributed by atoms with Gasteiger partial charge in [-0.15, -0.1) is 0 Å². The zero-order chi connectivity index (χ0) is 23.4.